The molecule has 2 unspecified atom stereocenters. The molecule has 26 heavy (non-hydrogen) atoms. The van der Waals surface area contributed by atoms with E-state index in [1.807, 2.05) is 0 Å². The minimum atomic E-state index is -0.524. The highest BCUT2D eigenvalue weighted by molar-refractivity contribution is 6.31. The first-order valence-corrected chi connectivity index (χ1v) is 9.40. The molecule has 5 nitrogen and oxygen atoms in total. The highest BCUT2D eigenvalue weighted by atomic mass is 35.5. The van der Waals surface area contributed by atoms with Gasteiger partial charge >= 0.3 is 0 Å². The maximum absolute atomic E-state index is 13.3. The molecule has 2 fully saturated rings. The Morgan fingerprint density at radius 1 is 1.35 bits per heavy atom. The number of halogens is 2. The second-order valence-corrected chi connectivity index (χ2v) is 7.88. The molecular formula is C19H22ClFN4O. The highest BCUT2D eigenvalue weighted by Gasteiger charge is 2.40. The van der Waals surface area contributed by atoms with Gasteiger partial charge in [-0.3, -0.25) is 9.48 Å². The lowest BCUT2D eigenvalue weighted by atomic mass is 9.96. The van der Waals surface area contributed by atoms with Crippen LogP contribution >= 0.6 is 11.6 Å². The van der Waals surface area contributed by atoms with E-state index in [-0.39, 0.29) is 16.8 Å². The summed E-state index contributed by atoms with van der Waals surface area (Å²) in [5.41, 5.74) is 7.79. The number of carbonyl (C=O) groups is 1. The molecule has 2 saturated carbocycles. The van der Waals surface area contributed by atoms with E-state index in [9.17, 15) is 9.18 Å². The molecule has 0 saturated heterocycles. The summed E-state index contributed by atoms with van der Waals surface area (Å²) in [5, 5.41) is 7.29. The highest BCUT2D eigenvalue weighted by Crippen LogP contribution is 2.51. The number of anilines is 2. The number of aryl methyl sites for hydroxylation is 1. The first-order chi connectivity index (χ1) is 12.4. The first-order valence-electron chi connectivity index (χ1n) is 9.02. The molecule has 0 radical (unpaired) electrons. The van der Waals surface area contributed by atoms with Crippen LogP contribution in [0.1, 0.15) is 54.1 Å². The van der Waals surface area contributed by atoms with Crippen LogP contribution in [-0.2, 0) is 7.05 Å². The summed E-state index contributed by atoms with van der Waals surface area (Å²) in [6.45, 7) is 0. The third-order valence-corrected chi connectivity index (χ3v) is 6.19. The summed E-state index contributed by atoms with van der Waals surface area (Å²) in [5.74, 6) is 1.26. The molecule has 1 heterocycles. The van der Waals surface area contributed by atoms with Crippen molar-refractivity contribution in [2.24, 2.45) is 18.9 Å². The quantitative estimate of drug-likeness (QED) is 0.836. The monoisotopic (exact) mass is 376 g/mol. The van der Waals surface area contributed by atoms with Crippen LogP contribution in [0.25, 0.3) is 0 Å². The van der Waals surface area contributed by atoms with Gasteiger partial charge in [-0.25, -0.2) is 4.39 Å². The van der Waals surface area contributed by atoms with E-state index in [2.05, 4.69) is 10.4 Å². The largest absolute Gasteiger partial charge is 0.383 e. The van der Waals surface area contributed by atoms with Gasteiger partial charge in [0, 0.05) is 18.7 Å². The van der Waals surface area contributed by atoms with Crippen LogP contribution in [0.5, 0.6) is 0 Å². The van der Waals surface area contributed by atoms with Crippen molar-refractivity contribution in [2.75, 3.05) is 11.1 Å². The maximum atomic E-state index is 13.3. The van der Waals surface area contributed by atoms with E-state index in [0.29, 0.717) is 17.1 Å². The zero-order valence-electron chi connectivity index (χ0n) is 14.6. The Kier molecular flexibility index (Phi) is 4.39. The molecule has 7 heteroatoms. The van der Waals surface area contributed by atoms with E-state index < -0.39 is 5.82 Å². The van der Waals surface area contributed by atoms with Crippen molar-refractivity contribution >= 4 is 29.0 Å². The van der Waals surface area contributed by atoms with Crippen molar-refractivity contribution in [2.45, 2.75) is 38.0 Å². The number of aromatic nitrogens is 2. The topological polar surface area (TPSA) is 72.9 Å². The molecule has 2 aliphatic carbocycles. The van der Waals surface area contributed by atoms with Gasteiger partial charge in [0.2, 0.25) is 0 Å². The minimum absolute atomic E-state index is 0.0363. The Morgan fingerprint density at radius 3 is 2.69 bits per heavy atom. The van der Waals surface area contributed by atoms with E-state index in [0.717, 1.165) is 30.4 Å². The van der Waals surface area contributed by atoms with Crippen LogP contribution in [0.2, 0.25) is 5.02 Å². The van der Waals surface area contributed by atoms with Crippen molar-refractivity contribution in [1.29, 1.82) is 0 Å². The lowest BCUT2D eigenvalue weighted by molar-refractivity contribution is 0.102. The molecule has 4 rings (SSSR count). The Bertz CT molecular complexity index is 853. The van der Waals surface area contributed by atoms with Crippen molar-refractivity contribution in [1.82, 2.24) is 9.78 Å². The maximum Gasteiger partial charge on any atom is 0.261 e. The molecular weight excluding hydrogens is 355 g/mol. The summed E-state index contributed by atoms with van der Waals surface area (Å²) >= 11 is 5.80. The fraction of sp³-hybridized carbons (Fsp3) is 0.474. The summed E-state index contributed by atoms with van der Waals surface area (Å²) in [6.07, 6.45) is 6.01. The number of nitrogens with zero attached hydrogens (tertiary/aromatic N) is 2. The number of rotatable bonds is 3. The Labute approximate surface area is 156 Å². The number of amides is 1. The zero-order chi connectivity index (χ0) is 18.4. The molecule has 0 bridgehead atoms. The molecule has 0 aliphatic heterocycles. The number of fused-ring (bicyclic) bond motifs is 1. The van der Waals surface area contributed by atoms with Crippen molar-refractivity contribution < 1.29 is 9.18 Å². The van der Waals surface area contributed by atoms with Gasteiger partial charge in [0.05, 0.1) is 10.7 Å². The number of nitrogens with one attached hydrogen (secondary N) is 1. The van der Waals surface area contributed by atoms with E-state index in [1.54, 1.807) is 11.7 Å². The summed E-state index contributed by atoms with van der Waals surface area (Å²) in [4.78, 5) is 12.9. The smallest absolute Gasteiger partial charge is 0.261 e. The first kappa shape index (κ1) is 17.3. The summed E-state index contributed by atoms with van der Waals surface area (Å²) < 4.78 is 14.9. The van der Waals surface area contributed by atoms with Crippen molar-refractivity contribution in [3.63, 3.8) is 0 Å². The standard InChI is InChI=1S/C19H22ClFN4O/c1-25-18(22)16(19(26)23-13-5-6-15(21)14(20)9-13)17(24-25)12-7-10-3-2-4-11(10)8-12/h5-6,9-12H,2-4,7-8,22H2,1H3,(H,23,26). The van der Waals surface area contributed by atoms with Gasteiger partial charge in [-0.1, -0.05) is 30.9 Å². The minimum Gasteiger partial charge on any atom is -0.383 e. The number of nitrogen functional groups attached to an aromatic ring is 1. The second-order valence-electron chi connectivity index (χ2n) is 7.47. The lowest BCUT2D eigenvalue weighted by Crippen LogP contribution is -2.16. The van der Waals surface area contributed by atoms with Gasteiger partial charge in [0.15, 0.2) is 0 Å². The third-order valence-electron chi connectivity index (χ3n) is 5.90. The number of hydrogen-bond donors (Lipinski definition) is 2. The SMILES string of the molecule is Cn1nc(C2CC3CCCC3C2)c(C(=O)Nc2ccc(F)c(Cl)c2)c1N. The summed E-state index contributed by atoms with van der Waals surface area (Å²) in [6, 6.07) is 4.09. The predicted molar refractivity (Wildman–Crippen MR) is 99.8 cm³/mol. The van der Waals surface area contributed by atoms with Crippen LogP contribution in [0.15, 0.2) is 18.2 Å². The zero-order valence-corrected chi connectivity index (χ0v) is 15.4. The Morgan fingerprint density at radius 2 is 2.04 bits per heavy atom. The van der Waals surface area contributed by atoms with Gasteiger partial charge in [-0.2, -0.15) is 5.10 Å². The molecule has 2 aromatic rings. The molecule has 1 aromatic carbocycles. The predicted octanol–water partition coefficient (Wildman–Crippen LogP) is 4.34. The van der Waals surface area contributed by atoms with Crippen LogP contribution in [0, 0.1) is 17.7 Å². The number of nitrogens with two attached hydrogens (primary N) is 1. The van der Waals surface area contributed by atoms with E-state index >= 15 is 0 Å². The number of benzene rings is 1. The van der Waals surface area contributed by atoms with Gasteiger partial charge < -0.3 is 11.1 Å². The molecule has 138 valence electrons. The van der Waals surface area contributed by atoms with Crippen molar-refractivity contribution in [3.05, 3.63) is 40.3 Å². The Hall–Kier alpha value is -2.08. The summed E-state index contributed by atoms with van der Waals surface area (Å²) in [7, 11) is 1.75. The molecule has 0 spiro atoms. The van der Waals surface area contributed by atoms with E-state index in [4.69, 9.17) is 17.3 Å². The van der Waals surface area contributed by atoms with Crippen LogP contribution < -0.4 is 11.1 Å². The van der Waals surface area contributed by atoms with Crippen LogP contribution in [0.4, 0.5) is 15.9 Å². The fourth-order valence-corrected chi connectivity index (χ4v) is 4.81. The second kappa shape index (κ2) is 6.58. The van der Waals surface area contributed by atoms with Gasteiger partial charge in [0.25, 0.3) is 5.91 Å². The number of hydrogen-bond acceptors (Lipinski definition) is 3. The normalized spacial score (nSPS) is 24.7. The molecule has 3 N–H and O–H groups in total. The van der Waals surface area contributed by atoms with Crippen LogP contribution in [-0.4, -0.2) is 15.7 Å². The number of carbonyl (C=O) groups excluding carboxylic acids is 1. The average molecular weight is 377 g/mol. The van der Waals surface area contributed by atoms with Gasteiger partial charge in [0.1, 0.15) is 17.2 Å². The third kappa shape index (κ3) is 2.96. The molecule has 1 amide bonds. The molecule has 2 atom stereocenters. The molecule has 2 aliphatic rings. The fourth-order valence-electron chi connectivity index (χ4n) is 4.63. The van der Waals surface area contributed by atoms with E-state index in [1.165, 1.54) is 37.5 Å². The lowest BCUT2D eigenvalue weighted by Gasteiger charge is -2.12. The van der Waals surface area contributed by atoms with Crippen molar-refractivity contribution in [3.8, 4) is 0 Å². The molecule has 1 aromatic heterocycles. The van der Waals surface area contributed by atoms with Crippen LogP contribution in [0.3, 0.4) is 0 Å². The average Bonchev–Trinajstić information content (AvgIpc) is 3.25. The van der Waals surface area contributed by atoms with Gasteiger partial charge in [-0.15, -0.1) is 0 Å². The Balaban J connectivity index is 1.61. The van der Waals surface area contributed by atoms with Gasteiger partial charge in [-0.05, 0) is 42.9 Å².